The number of hydrogen-bond acceptors (Lipinski definition) is 4. The highest BCUT2D eigenvalue weighted by molar-refractivity contribution is 7.89. The minimum atomic E-state index is -3.28. The van der Waals surface area contributed by atoms with Crippen molar-refractivity contribution >= 4 is 10.0 Å². The first-order valence-electron chi connectivity index (χ1n) is 4.52. The molecule has 1 heterocycles. The monoisotopic (exact) mass is 207 g/mol. The molecule has 1 unspecified atom stereocenters. The van der Waals surface area contributed by atoms with Crippen LogP contribution in [0.3, 0.4) is 0 Å². The number of primary sulfonamides is 1. The highest BCUT2D eigenvalue weighted by Gasteiger charge is 2.12. The van der Waals surface area contributed by atoms with Gasteiger partial charge in [0.2, 0.25) is 10.0 Å². The SMILES string of the molecule is NS(=O)(=O)CCCNC1CCNC1. The number of rotatable bonds is 5. The fraction of sp³-hybridized carbons (Fsp3) is 1.00. The Morgan fingerprint density at radius 2 is 2.31 bits per heavy atom. The number of hydrogen-bond donors (Lipinski definition) is 3. The molecular formula is C7H17N3O2S. The van der Waals surface area contributed by atoms with E-state index in [1.807, 2.05) is 0 Å². The number of nitrogens with one attached hydrogen (secondary N) is 2. The molecule has 1 saturated heterocycles. The maximum Gasteiger partial charge on any atom is 0.209 e. The molecule has 0 bridgehead atoms. The van der Waals surface area contributed by atoms with Crippen molar-refractivity contribution < 1.29 is 8.42 Å². The smallest absolute Gasteiger partial charge is 0.209 e. The largest absolute Gasteiger partial charge is 0.315 e. The summed E-state index contributed by atoms with van der Waals surface area (Å²) < 4.78 is 21.1. The number of nitrogens with two attached hydrogens (primary N) is 1. The summed E-state index contributed by atoms with van der Waals surface area (Å²) in [5.74, 6) is 0.0696. The van der Waals surface area contributed by atoms with Gasteiger partial charge in [0.15, 0.2) is 0 Å². The average Bonchev–Trinajstić information content (AvgIpc) is 2.48. The van der Waals surface area contributed by atoms with Crippen LogP contribution >= 0.6 is 0 Å². The number of sulfonamides is 1. The van der Waals surface area contributed by atoms with Crippen molar-refractivity contribution in [2.24, 2.45) is 5.14 Å². The van der Waals surface area contributed by atoms with Crippen molar-refractivity contribution in [2.75, 3.05) is 25.4 Å². The van der Waals surface area contributed by atoms with E-state index in [1.54, 1.807) is 0 Å². The van der Waals surface area contributed by atoms with E-state index in [0.717, 1.165) is 26.1 Å². The minimum Gasteiger partial charge on any atom is -0.315 e. The molecule has 0 aliphatic carbocycles. The Morgan fingerprint density at radius 1 is 1.54 bits per heavy atom. The van der Waals surface area contributed by atoms with Crippen LogP contribution in [0.1, 0.15) is 12.8 Å². The average molecular weight is 207 g/mol. The fourth-order valence-corrected chi connectivity index (χ4v) is 1.96. The van der Waals surface area contributed by atoms with Crippen LogP contribution in [-0.2, 0) is 10.0 Å². The molecule has 1 atom stereocenters. The molecule has 0 aromatic carbocycles. The van der Waals surface area contributed by atoms with Gasteiger partial charge in [0, 0.05) is 12.6 Å². The molecule has 6 heteroatoms. The molecule has 1 fully saturated rings. The molecule has 0 radical (unpaired) electrons. The van der Waals surface area contributed by atoms with Gasteiger partial charge in [-0.05, 0) is 25.9 Å². The van der Waals surface area contributed by atoms with Crippen LogP contribution in [0.5, 0.6) is 0 Å². The Labute approximate surface area is 79.1 Å². The van der Waals surface area contributed by atoms with Crippen molar-refractivity contribution in [3.8, 4) is 0 Å². The Morgan fingerprint density at radius 3 is 2.85 bits per heavy atom. The second kappa shape index (κ2) is 4.90. The maximum atomic E-state index is 10.6. The zero-order chi connectivity index (χ0) is 9.73. The van der Waals surface area contributed by atoms with E-state index in [0.29, 0.717) is 12.5 Å². The highest BCUT2D eigenvalue weighted by atomic mass is 32.2. The second-order valence-corrected chi connectivity index (χ2v) is 5.10. The van der Waals surface area contributed by atoms with Gasteiger partial charge >= 0.3 is 0 Å². The summed E-state index contributed by atoms with van der Waals surface area (Å²) in [5, 5.41) is 11.4. The summed E-state index contributed by atoms with van der Waals surface area (Å²) in [7, 11) is -3.28. The lowest BCUT2D eigenvalue weighted by Gasteiger charge is -2.09. The first-order chi connectivity index (χ1) is 6.08. The van der Waals surface area contributed by atoms with Crippen molar-refractivity contribution in [1.29, 1.82) is 0 Å². The van der Waals surface area contributed by atoms with E-state index in [2.05, 4.69) is 10.6 Å². The quantitative estimate of drug-likeness (QED) is 0.485. The van der Waals surface area contributed by atoms with E-state index in [9.17, 15) is 8.42 Å². The highest BCUT2D eigenvalue weighted by Crippen LogP contribution is 1.96. The summed E-state index contributed by atoms with van der Waals surface area (Å²) in [4.78, 5) is 0. The van der Waals surface area contributed by atoms with Gasteiger partial charge in [-0.15, -0.1) is 0 Å². The third-order valence-electron chi connectivity index (χ3n) is 2.10. The van der Waals surface area contributed by atoms with Crippen LogP contribution < -0.4 is 15.8 Å². The van der Waals surface area contributed by atoms with E-state index >= 15 is 0 Å². The van der Waals surface area contributed by atoms with Gasteiger partial charge in [0.25, 0.3) is 0 Å². The standard InChI is InChI=1S/C7H17N3O2S/c8-13(11,12)5-1-3-10-7-2-4-9-6-7/h7,9-10H,1-6H2,(H2,8,11,12). The van der Waals surface area contributed by atoms with Gasteiger partial charge in [0.1, 0.15) is 0 Å². The maximum absolute atomic E-state index is 10.6. The molecule has 78 valence electrons. The van der Waals surface area contributed by atoms with Gasteiger partial charge in [-0.3, -0.25) is 0 Å². The third kappa shape index (κ3) is 5.20. The normalized spacial score (nSPS) is 23.6. The molecule has 0 saturated carbocycles. The first-order valence-corrected chi connectivity index (χ1v) is 6.24. The predicted molar refractivity (Wildman–Crippen MR) is 51.9 cm³/mol. The Balaban J connectivity index is 2.01. The third-order valence-corrected chi connectivity index (χ3v) is 2.96. The lowest BCUT2D eigenvalue weighted by atomic mass is 10.2. The van der Waals surface area contributed by atoms with Crippen molar-refractivity contribution in [1.82, 2.24) is 10.6 Å². The minimum absolute atomic E-state index is 0.0696. The van der Waals surface area contributed by atoms with Gasteiger partial charge in [-0.25, -0.2) is 13.6 Å². The molecule has 4 N–H and O–H groups in total. The topological polar surface area (TPSA) is 84.2 Å². The fourth-order valence-electron chi connectivity index (χ4n) is 1.41. The summed E-state index contributed by atoms with van der Waals surface area (Å²) in [5.41, 5.74) is 0. The van der Waals surface area contributed by atoms with E-state index in [4.69, 9.17) is 5.14 Å². The molecule has 0 aromatic heterocycles. The van der Waals surface area contributed by atoms with E-state index < -0.39 is 10.0 Å². The molecule has 1 rings (SSSR count). The van der Waals surface area contributed by atoms with E-state index in [1.165, 1.54) is 0 Å². The lowest BCUT2D eigenvalue weighted by Crippen LogP contribution is -2.32. The molecule has 0 aromatic rings. The van der Waals surface area contributed by atoms with Crippen molar-refractivity contribution in [3.05, 3.63) is 0 Å². The molecule has 13 heavy (non-hydrogen) atoms. The predicted octanol–water partition coefficient (Wildman–Crippen LogP) is -1.38. The van der Waals surface area contributed by atoms with Crippen LogP contribution in [-0.4, -0.2) is 39.8 Å². The van der Waals surface area contributed by atoms with E-state index in [-0.39, 0.29) is 5.75 Å². The van der Waals surface area contributed by atoms with Crippen LogP contribution in [0.25, 0.3) is 0 Å². The molecule has 0 spiro atoms. The van der Waals surface area contributed by atoms with Crippen LogP contribution in [0.2, 0.25) is 0 Å². The second-order valence-electron chi connectivity index (χ2n) is 3.36. The summed E-state index contributed by atoms with van der Waals surface area (Å²) in [6.45, 7) is 2.75. The van der Waals surface area contributed by atoms with Crippen LogP contribution in [0.4, 0.5) is 0 Å². The van der Waals surface area contributed by atoms with Crippen molar-refractivity contribution in [2.45, 2.75) is 18.9 Å². The Hall–Kier alpha value is -0.170. The Kier molecular flexibility index (Phi) is 4.11. The van der Waals surface area contributed by atoms with Gasteiger partial charge in [-0.1, -0.05) is 0 Å². The molecule has 1 aliphatic rings. The summed E-state index contributed by atoms with van der Waals surface area (Å²) >= 11 is 0. The lowest BCUT2D eigenvalue weighted by molar-refractivity contribution is 0.540. The van der Waals surface area contributed by atoms with Gasteiger partial charge in [-0.2, -0.15) is 0 Å². The van der Waals surface area contributed by atoms with Crippen LogP contribution in [0, 0.1) is 0 Å². The first kappa shape index (κ1) is 10.9. The zero-order valence-corrected chi connectivity index (χ0v) is 8.44. The Bertz CT molecular complexity index is 234. The molecule has 1 aliphatic heterocycles. The van der Waals surface area contributed by atoms with Gasteiger partial charge < -0.3 is 10.6 Å². The van der Waals surface area contributed by atoms with Crippen molar-refractivity contribution in [3.63, 3.8) is 0 Å². The molecule has 5 nitrogen and oxygen atoms in total. The summed E-state index contributed by atoms with van der Waals surface area (Å²) in [6, 6.07) is 0.500. The van der Waals surface area contributed by atoms with Crippen LogP contribution in [0.15, 0.2) is 0 Å². The molecule has 0 amide bonds. The zero-order valence-electron chi connectivity index (χ0n) is 7.62. The van der Waals surface area contributed by atoms with Gasteiger partial charge in [0.05, 0.1) is 5.75 Å². The summed E-state index contributed by atoms with van der Waals surface area (Å²) in [6.07, 6.45) is 1.71. The molecular weight excluding hydrogens is 190 g/mol.